The van der Waals surface area contributed by atoms with Crippen LogP contribution in [-0.4, -0.2) is 26.3 Å². The summed E-state index contributed by atoms with van der Waals surface area (Å²) >= 11 is 6.34. The number of hydrogen-bond acceptors (Lipinski definition) is 7. The fourth-order valence-corrected chi connectivity index (χ4v) is 3.20. The van der Waals surface area contributed by atoms with Crippen molar-refractivity contribution in [3.8, 4) is 17.6 Å². The van der Waals surface area contributed by atoms with Crippen molar-refractivity contribution >= 4 is 17.6 Å². The third-order valence-corrected chi connectivity index (χ3v) is 4.25. The van der Waals surface area contributed by atoms with Crippen LogP contribution in [0.1, 0.15) is 32.3 Å². The highest BCUT2D eigenvalue weighted by Gasteiger charge is 2.37. The zero-order valence-corrected chi connectivity index (χ0v) is 16.3. The molecule has 0 aromatic heterocycles. The van der Waals surface area contributed by atoms with Gasteiger partial charge in [0.25, 0.3) is 0 Å². The second kappa shape index (κ2) is 8.69. The van der Waals surface area contributed by atoms with E-state index in [-0.39, 0.29) is 34.4 Å². The van der Waals surface area contributed by atoms with Gasteiger partial charge in [0.05, 0.1) is 36.8 Å². The van der Waals surface area contributed by atoms with Crippen LogP contribution in [0.5, 0.6) is 11.5 Å². The summed E-state index contributed by atoms with van der Waals surface area (Å²) in [6.45, 7) is 5.67. The fraction of sp³-hybridized carbons (Fsp3) is 0.368. The number of esters is 1. The van der Waals surface area contributed by atoms with E-state index in [4.69, 9.17) is 36.3 Å². The summed E-state index contributed by atoms with van der Waals surface area (Å²) in [5, 5.41) is 9.90. The topological polar surface area (TPSA) is 104 Å². The molecule has 0 amide bonds. The van der Waals surface area contributed by atoms with Gasteiger partial charge in [-0.05, 0) is 38.5 Å². The smallest absolute Gasteiger partial charge is 0.338 e. The lowest BCUT2D eigenvalue weighted by atomic mass is 9.83. The molecule has 2 rings (SSSR count). The van der Waals surface area contributed by atoms with Crippen molar-refractivity contribution in [2.45, 2.75) is 26.7 Å². The Morgan fingerprint density at radius 3 is 2.63 bits per heavy atom. The lowest BCUT2D eigenvalue weighted by molar-refractivity contribution is -0.139. The maximum Gasteiger partial charge on any atom is 0.338 e. The van der Waals surface area contributed by atoms with Gasteiger partial charge in [-0.3, -0.25) is 0 Å². The Labute approximate surface area is 162 Å². The molecule has 8 heteroatoms. The molecule has 0 saturated heterocycles. The molecular formula is C19H21ClN2O5. The molecule has 0 spiro atoms. The third kappa shape index (κ3) is 3.96. The van der Waals surface area contributed by atoms with E-state index in [1.807, 2.05) is 13.0 Å². The van der Waals surface area contributed by atoms with Crippen molar-refractivity contribution in [3.63, 3.8) is 0 Å². The molecule has 0 radical (unpaired) electrons. The average Bonchev–Trinajstić information content (AvgIpc) is 2.61. The molecule has 144 valence electrons. The van der Waals surface area contributed by atoms with Crippen molar-refractivity contribution in [2.75, 3.05) is 20.3 Å². The molecule has 1 aromatic carbocycles. The molecular weight excluding hydrogens is 372 g/mol. The number of hydrogen-bond donors (Lipinski definition) is 1. The van der Waals surface area contributed by atoms with E-state index >= 15 is 0 Å². The molecule has 0 aliphatic carbocycles. The van der Waals surface area contributed by atoms with Crippen molar-refractivity contribution in [1.29, 1.82) is 5.26 Å². The molecule has 7 nitrogen and oxygen atoms in total. The summed E-state index contributed by atoms with van der Waals surface area (Å²) in [7, 11) is 1.48. The maximum absolute atomic E-state index is 12.6. The number of rotatable bonds is 6. The number of nitriles is 1. The van der Waals surface area contributed by atoms with Crippen molar-refractivity contribution < 1.29 is 23.7 Å². The summed E-state index contributed by atoms with van der Waals surface area (Å²) in [5.74, 6) is -0.442. The zero-order chi connectivity index (χ0) is 20.1. The second-order valence-corrected chi connectivity index (χ2v) is 5.99. The Balaban J connectivity index is 2.71. The second-order valence-electron chi connectivity index (χ2n) is 5.58. The zero-order valence-electron chi connectivity index (χ0n) is 15.6. The highest BCUT2D eigenvalue weighted by Crippen LogP contribution is 2.44. The summed E-state index contributed by atoms with van der Waals surface area (Å²) in [6.07, 6.45) is 0. The van der Waals surface area contributed by atoms with Crippen molar-refractivity contribution in [2.24, 2.45) is 5.73 Å². The highest BCUT2D eigenvalue weighted by atomic mass is 35.5. The van der Waals surface area contributed by atoms with Crippen LogP contribution in [0.4, 0.5) is 0 Å². The number of carbonyl (C=O) groups is 1. The summed E-state index contributed by atoms with van der Waals surface area (Å²) in [6, 6.07) is 5.30. The first kappa shape index (κ1) is 20.5. The van der Waals surface area contributed by atoms with E-state index in [9.17, 15) is 10.1 Å². The monoisotopic (exact) mass is 392 g/mol. The Hall–Kier alpha value is -2.85. The molecule has 1 aliphatic heterocycles. The van der Waals surface area contributed by atoms with Crippen molar-refractivity contribution in [3.05, 3.63) is 45.5 Å². The lowest BCUT2D eigenvalue weighted by Gasteiger charge is -2.27. The number of benzene rings is 1. The lowest BCUT2D eigenvalue weighted by Crippen LogP contribution is -2.25. The fourth-order valence-electron chi connectivity index (χ4n) is 2.90. The predicted octanol–water partition coefficient (Wildman–Crippen LogP) is 3.39. The van der Waals surface area contributed by atoms with Crippen LogP contribution in [-0.2, 0) is 14.3 Å². The minimum absolute atomic E-state index is 0.0713. The number of ether oxygens (including phenoxy) is 4. The van der Waals surface area contributed by atoms with Crippen LogP contribution in [0.15, 0.2) is 34.9 Å². The molecule has 2 N–H and O–H groups in total. The maximum atomic E-state index is 12.6. The van der Waals surface area contributed by atoms with E-state index in [0.717, 1.165) is 0 Å². The third-order valence-electron chi connectivity index (χ3n) is 3.97. The van der Waals surface area contributed by atoms with Crippen LogP contribution in [0.2, 0.25) is 5.02 Å². The summed E-state index contributed by atoms with van der Waals surface area (Å²) < 4.78 is 21.4. The molecule has 1 aromatic rings. The van der Waals surface area contributed by atoms with Crippen molar-refractivity contribution in [1.82, 2.24) is 0 Å². The van der Waals surface area contributed by atoms with E-state index in [0.29, 0.717) is 23.7 Å². The van der Waals surface area contributed by atoms with E-state index in [2.05, 4.69) is 0 Å². The number of nitrogens with two attached hydrogens (primary N) is 1. The van der Waals surface area contributed by atoms with E-state index < -0.39 is 11.9 Å². The SMILES string of the molecule is CCOC(=O)C1=C(C)OC(N)=C(C#N)C1c1cc(Cl)c(OC)c(OCC)c1. The number of nitrogens with zero attached hydrogens (tertiary/aromatic N) is 1. The normalized spacial score (nSPS) is 16.5. The predicted molar refractivity (Wildman–Crippen MR) is 99.2 cm³/mol. The van der Waals surface area contributed by atoms with Crippen LogP contribution < -0.4 is 15.2 Å². The van der Waals surface area contributed by atoms with E-state index in [1.54, 1.807) is 26.0 Å². The molecule has 0 fully saturated rings. The molecule has 27 heavy (non-hydrogen) atoms. The van der Waals surface area contributed by atoms with Crippen LogP contribution >= 0.6 is 11.6 Å². The van der Waals surface area contributed by atoms with Gasteiger partial charge in [-0.25, -0.2) is 4.79 Å². The Kier molecular flexibility index (Phi) is 6.59. The molecule has 0 saturated carbocycles. The Morgan fingerprint density at radius 1 is 1.37 bits per heavy atom. The Bertz CT molecular complexity index is 854. The molecule has 0 bridgehead atoms. The minimum atomic E-state index is -0.801. The largest absolute Gasteiger partial charge is 0.491 e. The molecule has 1 atom stereocenters. The van der Waals surface area contributed by atoms with Crippen LogP contribution in [0, 0.1) is 11.3 Å². The number of allylic oxidation sites excluding steroid dienone is 2. The first-order chi connectivity index (χ1) is 12.9. The van der Waals surface area contributed by atoms with Gasteiger partial charge in [-0.15, -0.1) is 0 Å². The van der Waals surface area contributed by atoms with Crippen LogP contribution in [0.25, 0.3) is 0 Å². The van der Waals surface area contributed by atoms with Gasteiger partial charge in [0.1, 0.15) is 17.4 Å². The minimum Gasteiger partial charge on any atom is -0.491 e. The van der Waals surface area contributed by atoms with Gasteiger partial charge < -0.3 is 24.7 Å². The van der Waals surface area contributed by atoms with Gasteiger partial charge in [0.15, 0.2) is 11.5 Å². The molecule has 1 aliphatic rings. The first-order valence-electron chi connectivity index (χ1n) is 8.35. The standard InChI is InChI=1S/C19H21ClN2O5/c1-5-25-14-8-11(7-13(20)17(14)24-4)16-12(9-21)18(22)27-10(3)15(16)19(23)26-6-2/h7-8,16H,5-6,22H2,1-4H3. The first-order valence-corrected chi connectivity index (χ1v) is 8.72. The summed E-state index contributed by atoms with van der Waals surface area (Å²) in [5.41, 5.74) is 6.71. The Morgan fingerprint density at radius 2 is 2.07 bits per heavy atom. The highest BCUT2D eigenvalue weighted by molar-refractivity contribution is 6.32. The van der Waals surface area contributed by atoms with E-state index in [1.165, 1.54) is 7.11 Å². The van der Waals surface area contributed by atoms with Gasteiger partial charge in [0, 0.05) is 0 Å². The average molecular weight is 393 g/mol. The van der Waals surface area contributed by atoms with Gasteiger partial charge in [-0.1, -0.05) is 11.6 Å². The number of halogens is 1. The van der Waals surface area contributed by atoms with Gasteiger partial charge >= 0.3 is 5.97 Å². The van der Waals surface area contributed by atoms with Gasteiger partial charge in [-0.2, -0.15) is 5.26 Å². The number of methoxy groups -OCH3 is 1. The summed E-state index contributed by atoms with van der Waals surface area (Å²) in [4.78, 5) is 12.6. The van der Waals surface area contributed by atoms with Crippen LogP contribution in [0.3, 0.4) is 0 Å². The quantitative estimate of drug-likeness (QED) is 0.740. The number of carbonyl (C=O) groups excluding carboxylic acids is 1. The van der Waals surface area contributed by atoms with Gasteiger partial charge in [0.2, 0.25) is 5.88 Å². The molecule has 1 unspecified atom stereocenters. The molecule has 1 heterocycles.